The van der Waals surface area contributed by atoms with Gasteiger partial charge in [0, 0.05) is 26.0 Å². The van der Waals surface area contributed by atoms with Crippen molar-refractivity contribution in [3.05, 3.63) is 72.4 Å². The van der Waals surface area contributed by atoms with E-state index < -0.39 is 0 Å². The summed E-state index contributed by atoms with van der Waals surface area (Å²) in [6.45, 7) is 1.04. The van der Waals surface area contributed by atoms with Crippen LogP contribution in [0.5, 0.6) is 0 Å². The van der Waals surface area contributed by atoms with Gasteiger partial charge in [-0.25, -0.2) is 9.48 Å². The fourth-order valence-corrected chi connectivity index (χ4v) is 2.39. The predicted octanol–water partition coefficient (Wildman–Crippen LogP) is 2.85. The molecule has 3 aromatic rings. The molecule has 0 unspecified atom stereocenters. The Morgan fingerprint density at radius 2 is 2.08 bits per heavy atom. The molecule has 0 atom stereocenters. The largest absolute Gasteiger partial charge is 0.467 e. The Morgan fingerprint density at radius 1 is 1.25 bits per heavy atom. The summed E-state index contributed by atoms with van der Waals surface area (Å²) in [5, 5.41) is 7.11. The lowest BCUT2D eigenvalue weighted by molar-refractivity contribution is 0.203. The number of carbonyl (C=O) groups excluding carboxylic acids is 1. The molecule has 24 heavy (non-hydrogen) atoms. The Bertz CT molecular complexity index is 749. The monoisotopic (exact) mass is 324 g/mol. The van der Waals surface area contributed by atoms with Gasteiger partial charge >= 0.3 is 6.03 Å². The molecule has 0 bridgehead atoms. The average Bonchev–Trinajstić information content (AvgIpc) is 3.29. The van der Waals surface area contributed by atoms with Crippen LogP contribution in [0.15, 0.2) is 65.5 Å². The van der Waals surface area contributed by atoms with E-state index in [4.69, 9.17) is 4.42 Å². The van der Waals surface area contributed by atoms with Crippen molar-refractivity contribution in [1.82, 2.24) is 20.0 Å². The fourth-order valence-electron chi connectivity index (χ4n) is 2.39. The van der Waals surface area contributed by atoms with Crippen molar-refractivity contribution < 1.29 is 9.21 Å². The molecule has 2 heterocycles. The molecule has 0 radical (unpaired) electrons. The van der Waals surface area contributed by atoms with Gasteiger partial charge in [-0.15, -0.1) is 0 Å². The van der Waals surface area contributed by atoms with Crippen LogP contribution < -0.4 is 5.32 Å². The summed E-state index contributed by atoms with van der Waals surface area (Å²) in [5.41, 5.74) is 2.19. The third-order valence-electron chi connectivity index (χ3n) is 3.71. The molecular weight excluding hydrogens is 304 g/mol. The summed E-state index contributed by atoms with van der Waals surface area (Å²) in [4.78, 5) is 13.6. The first-order valence-corrected chi connectivity index (χ1v) is 7.83. The van der Waals surface area contributed by atoms with Crippen LogP contribution in [-0.2, 0) is 13.0 Å². The quantitative estimate of drug-likeness (QED) is 0.758. The van der Waals surface area contributed by atoms with E-state index in [2.05, 4.69) is 22.5 Å². The number of urea groups is 1. The molecule has 2 aromatic heterocycles. The van der Waals surface area contributed by atoms with Gasteiger partial charge in [0.15, 0.2) is 0 Å². The van der Waals surface area contributed by atoms with Crippen LogP contribution in [0.4, 0.5) is 4.79 Å². The van der Waals surface area contributed by atoms with Crippen LogP contribution in [0.3, 0.4) is 0 Å². The third kappa shape index (κ3) is 4.04. The van der Waals surface area contributed by atoms with Crippen LogP contribution in [-0.4, -0.2) is 34.3 Å². The molecule has 0 saturated heterocycles. The smallest absolute Gasteiger partial charge is 0.317 e. The maximum atomic E-state index is 12.0. The molecule has 0 spiro atoms. The molecule has 1 aromatic carbocycles. The minimum atomic E-state index is -0.112. The second kappa shape index (κ2) is 7.50. The Kier molecular flexibility index (Phi) is 4.96. The molecule has 0 aliphatic rings. The Labute approximate surface area is 140 Å². The van der Waals surface area contributed by atoms with E-state index in [1.807, 2.05) is 41.2 Å². The Morgan fingerprint density at radius 3 is 2.75 bits per heavy atom. The zero-order valence-electron chi connectivity index (χ0n) is 13.6. The van der Waals surface area contributed by atoms with Gasteiger partial charge in [-0.1, -0.05) is 12.1 Å². The van der Waals surface area contributed by atoms with Gasteiger partial charge in [0.2, 0.25) is 0 Å². The first kappa shape index (κ1) is 15.9. The standard InChI is InChI=1S/C18H20N4O2/c1-21(14-17-4-2-13-24-17)18(23)19-11-9-15-5-7-16(8-6-15)22-12-3-10-20-22/h2-8,10,12-13H,9,11,14H2,1H3,(H,19,23). The highest BCUT2D eigenvalue weighted by atomic mass is 16.3. The van der Waals surface area contributed by atoms with Gasteiger partial charge in [0.05, 0.1) is 18.5 Å². The van der Waals surface area contributed by atoms with Crippen molar-refractivity contribution in [2.45, 2.75) is 13.0 Å². The molecule has 0 aliphatic heterocycles. The lowest BCUT2D eigenvalue weighted by Crippen LogP contribution is -2.37. The van der Waals surface area contributed by atoms with Crippen LogP contribution in [0, 0.1) is 0 Å². The van der Waals surface area contributed by atoms with E-state index in [1.54, 1.807) is 24.4 Å². The molecule has 2 amide bonds. The average molecular weight is 324 g/mol. The number of rotatable bonds is 6. The van der Waals surface area contributed by atoms with Gasteiger partial charge in [0.25, 0.3) is 0 Å². The van der Waals surface area contributed by atoms with E-state index in [0.717, 1.165) is 17.9 Å². The minimum Gasteiger partial charge on any atom is -0.467 e. The Balaban J connectivity index is 1.45. The summed E-state index contributed by atoms with van der Waals surface area (Å²) in [5.74, 6) is 0.766. The predicted molar refractivity (Wildman–Crippen MR) is 90.8 cm³/mol. The van der Waals surface area contributed by atoms with Crippen molar-refractivity contribution in [3.63, 3.8) is 0 Å². The normalized spacial score (nSPS) is 10.5. The summed E-state index contributed by atoms with van der Waals surface area (Å²) >= 11 is 0. The second-order valence-corrected chi connectivity index (χ2v) is 5.53. The maximum absolute atomic E-state index is 12.0. The van der Waals surface area contributed by atoms with Gasteiger partial charge in [-0.05, 0) is 42.3 Å². The van der Waals surface area contributed by atoms with E-state index in [9.17, 15) is 4.79 Å². The highest BCUT2D eigenvalue weighted by Gasteiger charge is 2.09. The van der Waals surface area contributed by atoms with Crippen LogP contribution in [0.1, 0.15) is 11.3 Å². The highest BCUT2D eigenvalue weighted by Crippen LogP contribution is 2.09. The number of carbonyl (C=O) groups is 1. The number of aromatic nitrogens is 2. The van der Waals surface area contributed by atoms with Gasteiger partial charge in [-0.3, -0.25) is 0 Å². The number of nitrogens with one attached hydrogen (secondary N) is 1. The number of nitrogens with zero attached hydrogens (tertiary/aromatic N) is 3. The highest BCUT2D eigenvalue weighted by molar-refractivity contribution is 5.73. The topological polar surface area (TPSA) is 63.3 Å². The van der Waals surface area contributed by atoms with Crippen LogP contribution in [0.25, 0.3) is 5.69 Å². The second-order valence-electron chi connectivity index (χ2n) is 5.53. The molecule has 0 aliphatic carbocycles. The van der Waals surface area contributed by atoms with Gasteiger partial charge < -0.3 is 14.6 Å². The summed E-state index contributed by atoms with van der Waals surface area (Å²) < 4.78 is 7.06. The fraction of sp³-hybridized carbons (Fsp3) is 0.222. The van der Waals surface area contributed by atoms with Gasteiger partial charge in [0.1, 0.15) is 5.76 Å². The number of hydrogen-bond donors (Lipinski definition) is 1. The minimum absolute atomic E-state index is 0.112. The number of amides is 2. The third-order valence-corrected chi connectivity index (χ3v) is 3.71. The first-order chi connectivity index (χ1) is 11.7. The lowest BCUT2D eigenvalue weighted by Gasteiger charge is -2.16. The van der Waals surface area contributed by atoms with Crippen LogP contribution >= 0.6 is 0 Å². The number of hydrogen-bond acceptors (Lipinski definition) is 3. The van der Waals surface area contributed by atoms with Crippen molar-refractivity contribution in [3.8, 4) is 5.69 Å². The summed E-state index contributed by atoms with van der Waals surface area (Å²) in [6, 6.07) is 13.6. The SMILES string of the molecule is CN(Cc1ccco1)C(=O)NCCc1ccc(-n2cccn2)cc1. The van der Waals surface area contributed by atoms with E-state index in [1.165, 1.54) is 5.56 Å². The molecular formula is C18H20N4O2. The number of benzene rings is 1. The molecule has 3 rings (SSSR count). The van der Waals surface area contributed by atoms with Crippen molar-refractivity contribution in [1.29, 1.82) is 0 Å². The van der Waals surface area contributed by atoms with Crippen LogP contribution in [0.2, 0.25) is 0 Å². The maximum Gasteiger partial charge on any atom is 0.317 e. The van der Waals surface area contributed by atoms with E-state index >= 15 is 0 Å². The van der Waals surface area contributed by atoms with Crippen molar-refractivity contribution >= 4 is 6.03 Å². The van der Waals surface area contributed by atoms with Crippen molar-refractivity contribution in [2.24, 2.45) is 0 Å². The molecule has 6 heteroatoms. The number of furan rings is 1. The molecule has 6 nitrogen and oxygen atoms in total. The molecule has 124 valence electrons. The van der Waals surface area contributed by atoms with E-state index in [0.29, 0.717) is 13.1 Å². The zero-order valence-corrected chi connectivity index (χ0v) is 13.6. The summed E-state index contributed by atoms with van der Waals surface area (Å²) in [6.07, 6.45) is 6.04. The summed E-state index contributed by atoms with van der Waals surface area (Å²) in [7, 11) is 1.75. The van der Waals surface area contributed by atoms with E-state index in [-0.39, 0.29) is 6.03 Å². The molecule has 0 fully saturated rings. The molecule has 1 N–H and O–H groups in total. The van der Waals surface area contributed by atoms with Gasteiger partial charge in [-0.2, -0.15) is 5.10 Å². The Hall–Kier alpha value is -3.02. The lowest BCUT2D eigenvalue weighted by atomic mass is 10.1. The molecule has 0 saturated carbocycles. The zero-order chi connectivity index (χ0) is 16.8. The van der Waals surface area contributed by atoms with Crippen molar-refractivity contribution in [2.75, 3.05) is 13.6 Å². The first-order valence-electron chi connectivity index (χ1n) is 7.83.